The molecule has 2 aromatic rings. The van der Waals surface area contributed by atoms with Crippen LogP contribution in [0.25, 0.3) is 0 Å². The van der Waals surface area contributed by atoms with E-state index in [0.717, 1.165) is 37.8 Å². The summed E-state index contributed by atoms with van der Waals surface area (Å²) in [5.41, 5.74) is 0.427. The van der Waals surface area contributed by atoms with Gasteiger partial charge in [-0.1, -0.05) is 11.6 Å². The highest BCUT2D eigenvalue weighted by molar-refractivity contribution is 6.33. The van der Waals surface area contributed by atoms with Gasteiger partial charge >= 0.3 is 0 Å². The maximum Gasteiger partial charge on any atom is 0.287 e. The third-order valence-corrected chi connectivity index (χ3v) is 4.12. The van der Waals surface area contributed by atoms with Gasteiger partial charge in [-0.2, -0.15) is 5.10 Å². The first-order chi connectivity index (χ1) is 10.6. The Kier molecular flexibility index (Phi) is 3.98. The van der Waals surface area contributed by atoms with E-state index in [1.165, 1.54) is 4.68 Å². The predicted octanol–water partition coefficient (Wildman–Crippen LogP) is 0.859. The maximum atomic E-state index is 11.9. The molecule has 2 aromatic heterocycles. The van der Waals surface area contributed by atoms with E-state index in [0.29, 0.717) is 5.69 Å². The van der Waals surface area contributed by atoms with Gasteiger partial charge in [0.2, 0.25) is 0 Å². The number of aromatic nitrogens is 4. The molecule has 1 aliphatic heterocycles. The van der Waals surface area contributed by atoms with Crippen LogP contribution >= 0.6 is 11.6 Å². The summed E-state index contributed by atoms with van der Waals surface area (Å²) in [5, 5.41) is 4.27. The minimum Gasteiger partial charge on any atom is -0.365 e. The molecule has 3 heterocycles. The zero-order valence-corrected chi connectivity index (χ0v) is 13.3. The molecule has 0 aliphatic carbocycles. The molecule has 0 atom stereocenters. The van der Waals surface area contributed by atoms with E-state index in [4.69, 9.17) is 11.6 Å². The van der Waals surface area contributed by atoms with Crippen molar-refractivity contribution in [1.29, 1.82) is 0 Å². The Morgan fingerprint density at radius 2 is 1.86 bits per heavy atom. The molecule has 22 heavy (non-hydrogen) atoms. The van der Waals surface area contributed by atoms with Crippen LogP contribution in [-0.4, -0.2) is 45.9 Å². The van der Waals surface area contributed by atoms with Gasteiger partial charge in [-0.05, 0) is 13.0 Å². The zero-order valence-electron chi connectivity index (χ0n) is 12.5. The van der Waals surface area contributed by atoms with Gasteiger partial charge in [0, 0.05) is 39.4 Å². The molecular formula is C14H17ClN6O. The summed E-state index contributed by atoms with van der Waals surface area (Å²) in [6.07, 6.45) is 3.42. The minimum absolute atomic E-state index is 0.226. The number of hydrogen-bond acceptors (Lipinski definition) is 6. The lowest BCUT2D eigenvalue weighted by Crippen LogP contribution is -2.47. The van der Waals surface area contributed by atoms with E-state index in [9.17, 15) is 4.79 Å². The summed E-state index contributed by atoms with van der Waals surface area (Å²) in [5.74, 6) is 1.69. The average Bonchev–Trinajstić information content (AvgIpc) is 2.53. The van der Waals surface area contributed by atoms with Crippen LogP contribution in [0.5, 0.6) is 0 Å². The Bertz CT molecular complexity index is 738. The van der Waals surface area contributed by atoms with Crippen molar-refractivity contribution in [2.24, 2.45) is 7.05 Å². The lowest BCUT2D eigenvalue weighted by Gasteiger charge is -2.36. The fourth-order valence-electron chi connectivity index (χ4n) is 2.52. The largest absolute Gasteiger partial charge is 0.365 e. The van der Waals surface area contributed by atoms with Crippen LogP contribution in [-0.2, 0) is 7.05 Å². The summed E-state index contributed by atoms with van der Waals surface area (Å²) in [7, 11) is 1.59. The Labute approximate surface area is 133 Å². The number of hydrogen-bond donors (Lipinski definition) is 0. The van der Waals surface area contributed by atoms with Crippen molar-refractivity contribution in [2.75, 3.05) is 36.0 Å². The van der Waals surface area contributed by atoms with E-state index in [1.54, 1.807) is 19.4 Å². The smallest absolute Gasteiger partial charge is 0.287 e. The van der Waals surface area contributed by atoms with Crippen molar-refractivity contribution in [2.45, 2.75) is 6.92 Å². The number of piperazine rings is 1. The van der Waals surface area contributed by atoms with Crippen molar-refractivity contribution < 1.29 is 0 Å². The summed E-state index contributed by atoms with van der Waals surface area (Å²) < 4.78 is 1.24. The lowest BCUT2D eigenvalue weighted by molar-refractivity contribution is 0.637. The SMILES string of the molecule is Cc1nccc(N2CCN(c3cnn(C)c(=O)c3Cl)CC2)n1. The van der Waals surface area contributed by atoms with E-state index in [1.807, 2.05) is 13.0 Å². The Morgan fingerprint density at radius 3 is 2.55 bits per heavy atom. The molecule has 8 heteroatoms. The van der Waals surface area contributed by atoms with E-state index >= 15 is 0 Å². The van der Waals surface area contributed by atoms with Crippen LogP contribution in [0.4, 0.5) is 11.5 Å². The highest BCUT2D eigenvalue weighted by Gasteiger charge is 2.21. The van der Waals surface area contributed by atoms with Gasteiger partial charge < -0.3 is 9.80 Å². The number of nitrogens with zero attached hydrogens (tertiary/aromatic N) is 6. The standard InChI is InChI=1S/C14H17ClN6O/c1-10-16-4-3-12(18-10)21-7-5-20(6-8-21)11-9-17-19(2)14(22)13(11)15/h3-4,9H,5-8H2,1-2H3. The first kappa shape index (κ1) is 14.8. The molecule has 0 unspecified atom stereocenters. The quantitative estimate of drug-likeness (QED) is 0.817. The normalized spacial score (nSPS) is 15.2. The number of halogens is 1. The zero-order chi connectivity index (χ0) is 15.7. The van der Waals surface area contributed by atoms with Crippen LogP contribution in [0.3, 0.4) is 0 Å². The summed E-state index contributed by atoms with van der Waals surface area (Å²) in [6.45, 7) is 5.02. The van der Waals surface area contributed by atoms with Crippen LogP contribution in [0.2, 0.25) is 5.02 Å². The van der Waals surface area contributed by atoms with Crippen LogP contribution < -0.4 is 15.4 Å². The Hall–Kier alpha value is -2.15. The molecule has 1 fully saturated rings. The molecule has 7 nitrogen and oxygen atoms in total. The average molecular weight is 321 g/mol. The molecule has 0 bridgehead atoms. The second kappa shape index (κ2) is 5.92. The third kappa shape index (κ3) is 2.76. The Morgan fingerprint density at radius 1 is 1.18 bits per heavy atom. The van der Waals surface area contributed by atoms with Gasteiger partial charge in [0.15, 0.2) is 0 Å². The van der Waals surface area contributed by atoms with Gasteiger partial charge in [-0.15, -0.1) is 0 Å². The third-order valence-electron chi connectivity index (χ3n) is 3.77. The topological polar surface area (TPSA) is 67.2 Å². The van der Waals surface area contributed by atoms with Gasteiger partial charge in [-0.25, -0.2) is 14.6 Å². The minimum atomic E-state index is -0.270. The molecule has 0 spiro atoms. The monoisotopic (exact) mass is 320 g/mol. The molecular weight excluding hydrogens is 304 g/mol. The van der Waals surface area contributed by atoms with E-state index in [2.05, 4.69) is 24.9 Å². The van der Waals surface area contributed by atoms with Gasteiger partial charge in [0.25, 0.3) is 5.56 Å². The van der Waals surface area contributed by atoms with Crippen molar-refractivity contribution >= 4 is 23.1 Å². The lowest BCUT2D eigenvalue weighted by atomic mass is 10.3. The highest BCUT2D eigenvalue weighted by Crippen LogP contribution is 2.23. The van der Waals surface area contributed by atoms with Gasteiger partial charge in [0.1, 0.15) is 16.7 Å². The maximum absolute atomic E-state index is 11.9. The molecule has 0 saturated carbocycles. The number of anilines is 2. The fourth-order valence-corrected chi connectivity index (χ4v) is 2.81. The van der Waals surface area contributed by atoms with Crippen molar-refractivity contribution in [1.82, 2.24) is 19.7 Å². The molecule has 0 aromatic carbocycles. The fraction of sp³-hybridized carbons (Fsp3) is 0.429. The van der Waals surface area contributed by atoms with Crippen LogP contribution in [0.15, 0.2) is 23.3 Å². The molecule has 0 N–H and O–H groups in total. The van der Waals surface area contributed by atoms with Crippen molar-refractivity contribution in [3.63, 3.8) is 0 Å². The first-order valence-corrected chi connectivity index (χ1v) is 7.45. The second-order valence-corrected chi connectivity index (χ2v) is 5.59. The molecule has 3 rings (SSSR count). The van der Waals surface area contributed by atoms with Crippen LogP contribution in [0.1, 0.15) is 5.82 Å². The first-order valence-electron chi connectivity index (χ1n) is 7.07. The highest BCUT2D eigenvalue weighted by atomic mass is 35.5. The molecule has 0 radical (unpaired) electrons. The molecule has 0 amide bonds. The van der Waals surface area contributed by atoms with Crippen molar-refractivity contribution in [3.05, 3.63) is 39.7 Å². The predicted molar refractivity (Wildman–Crippen MR) is 85.7 cm³/mol. The Balaban J connectivity index is 1.75. The van der Waals surface area contributed by atoms with Crippen molar-refractivity contribution in [3.8, 4) is 0 Å². The summed E-state index contributed by atoms with van der Waals surface area (Å²) in [4.78, 5) is 24.7. The van der Waals surface area contributed by atoms with Gasteiger partial charge in [-0.3, -0.25) is 4.79 Å². The van der Waals surface area contributed by atoms with E-state index < -0.39 is 0 Å². The van der Waals surface area contributed by atoms with E-state index in [-0.39, 0.29) is 10.6 Å². The molecule has 1 saturated heterocycles. The summed E-state index contributed by atoms with van der Waals surface area (Å²) in [6, 6.07) is 1.91. The number of aryl methyl sites for hydroxylation is 2. The molecule has 1 aliphatic rings. The molecule has 116 valence electrons. The summed E-state index contributed by atoms with van der Waals surface area (Å²) >= 11 is 6.16. The van der Waals surface area contributed by atoms with Crippen LogP contribution in [0, 0.1) is 6.92 Å². The number of rotatable bonds is 2. The van der Waals surface area contributed by atoms with Gasteiger partial charge in [0.05, 0.1) is 11.9 Å². The second-order valence-electron chi connectivity index (χ2n) is 5.21.